The van der Waals surface area contributed by atoms with E-state index in [1.54, 1.807) is 47.3 Å². The lowest BCUT2D eigenvalue weighted by atomic mass is 10.2. The summed E-state index contributed by atoms with van der Waals surface area (Å²) in [6.07, 6.45) is 1.79. The number of ether oxygens (including phenoxy) is 1. The topological polar surface area (TPSA) is 99.0 Å². The quantitative estimate of drug-likeness (QED) is 0.470. The summed E-state index contributed by atoms with van der Waals surface area (Å²) in [4.78, 5) is 0. The summed E-state index contributed by atoms with van der Waals surface area (Å²) in [7, 11) is -3.65. The monoisotopic (exact) mass is 439 g/mol. The molecule has 2 heterocycles. The standard InChI is InChI=1S/C21H18FN5O3S/c1-15-12-13-27(25-15)20-10-11-21(24-23-20)30-19-8-6-18(7-9-19)26-31(28,29)14-16-2-4-17(22)5-3-16/h2-13,26H,14H2,1H3. The molecular formula is C21H18FN5O3S. The molecule has 0 amide bonds. The zero-order valence-electron chi connectivity index (χ0n) is 16.4. The number of aryl methyl sites for hydroxylation is 1. The van der Waals surface area contributed by atoms with E-state index in [1.807, 2.05) is 13.0 Å². The van der Waals surface area contributed by atoms with Gasteiger partial charge in [-0.15, -0.1) is 10.2 Å². The second kappa shape index (κ2) is 8.52. The van der Waals surface area contributed by atoms with Crippen LogP contribution in [-0.2, 0) is 15.8 Å². The number of aromatic nitrogens is 4. The second-order valence-electron chi connectivity index (χ2n) is 6.75. The lowest BCUT2D eigenvalue weighted by molar-refractivity contribution is 0.454. The Morgan fingerprint density at radius 1 is 0.968 bits per heavy atom. The molecule has 4 aromatic rings. The van der Waals surface area contributed by atoms with Crippen LogP contribution in [0.2, 0.25) is 0 Å². The molecule has 0 aliphatic heterocycles. The molecule has 0 aliphatic carbocycles. The highest BCUT2D eigenvalue weighted by molar-refractivity contribution is 7.91. The zero-order valence-corrected chi connectivity index (χ0v) is 17.3. The van der Waals surface area contributed by atoms with Gasteiger partial charge in [0.25, 0.3) is 0 Å². The molecule has 0 bridgehead atoms. The minimum atomic E-state index is -3.65. The van der Waals surface area contributed by atoms with E-state index < -0.39 is 15.8 Å². The molecule has 1 N–H and O–H groups in total. The third kappa shape index (κ3) is 5.43. The fourth-order valence-corrected chi connectivity index (χ4v) is 3.96. The molecule has 0 unspecified atom stereocenters. The van der Waals surface area contributed by atoms with Crippen molar-refractivity contribution in [3.8, 4) is 17.4 Å². The first-order chi connectivity index (χ1) is 14.9. The van der Waals surface area contributed by atoms with E-state index in [9.17, 15) is 12.8 Å². The number of hydrogen-bond acceptors (Lipinski definition) is 6. The van der Waals surface area contributed by atoms with Crippen LogP contribution >= 0.6 is 0 Å². The number of rotatable bonds is 7. The number of nitrogens with zero attached hydrogens (tertiary/aromatic N) is 4. The number of benzene rings is 2. The van der Waals surface area contributed by atoms with Crippen LogP contribution in [0.4, 0.5) is 10.1 Å². The SMILES string of the molecule is Cc1ccn(-c2ccc(Oc3ccc(NS(=O)(=O)Cc4ccc(F)cc4)cc3)nn2)n1. The summed E-state index contributed by atoms with van der Waals surface area (Å²) in [5.74, 6) is 0.645. The maximum atomic E-state index is 13.0. The summed E-state index contributed by atoms with van der Waals surface area (Å²) in [5.41, 5.74) is 1.74. The zero-order chi connectivity index (χ0) is 21.8. The van der Waals surface area contributed by atoms with Crippen molar-refractivity contribution in [3.05, 3.63) is 90.0 Å². The number of hydrogen-bond donors (Lipinski definition) is 1. The third-order valence-electron chi connectivity index (χ3n) is 4.20. The lowest BCUT2D eigenvalue weighted by Crippen LogP contribution is -2.15. The van der Waals surface area contributed by atoms with Gasteiger partial charge in [0.1, 0.15) is 11.6 Å². The summed E-state index contributed by atoms with van der Waals surface area (Å²) < 4.78 is 47.4. The molecular weight excluding hydrogens is 421 g/mol. The van der Waals surface area contributed by atoms with Crippen LogP contribution in [-0.4, -0.2) is 28.4 Å². The van der Waals surface area contributed by atoms with Crippen molar-refractivity contribution < 1.29 is 17.5 Å². The smallest absolute Gasteiger partial charge is 0.238 e. The van der Waals surface area contributed by atoms with Gasteiger partial charge in [0.2, 0.25) is 15.9 Å². The Bertz CT molecular complexity index is 1270. The van der Waals surface area contributed by atoms with Crippen LogP contribution in [0.3, 0.4) is 0 Å². The highest BCUT2D eigenvalue weighted by Crippen LogP contribution is 2.22. The normalized spacial score (nSPS) is 11.3. The van der Waals surface area contributed by atoms with Gasteiger partial charge in [0, 0.05) is 18.0 Å². The van der Waals surface area contributed by atoms with Crippen molar-refractivity contribution in [1.29, 1.82) is 0 Å². The highest BCUT2D eigenvalue weighted by atomic mass is 32.2. The lowest BCUT2D eigenvalue weighted by Gasteiger charge is -2.09. The van der Waals surface area contributed by atoms with Gasteiger partial charge in [-0.2, -0.15) is 5.10 Å². The fourth-order valence-electron chi connectivity index (χ4n) is 2.76. The Balaban J connectivity index is 1.38. The molecule has 2 aromatic heterocycles. The maximum Gasteiger partial charge on any atom is 0.238 e. The van der Waals surface area contributed by atoms with Gasteiger partial charge < -0.3 is 4.74 Å². The summed E-state index contributed by atoms with van der Waals surface area (Å²) in [6, 6.07) is 17.0. The van der Waals surface area contributed by atoms with E-state index in [1.165, 1.54) is 24.3 Å². The summed E-state index contributed by atoms with van der Waals surface area (Å²) >= 11 is 0. The van der Waals surface area contributed by atoms with Crippen molar-refractivity contribution in [2.75, 3.05) is 4.72 Å². The molecule has 0 saturated carbocycles. The molecule has 2 aromatic carbocycles. The minimum Gasteiger partial charge on any atom is -0.438 e. The molecule has 0 saturated heterocycles. The van der Waals surface area contributed by atoms with Crippen molar-refractivity contribution in [2.24, 2.45) is 0 Å². The van der Waals surface area contributed by atoms with Crippen LogP contribution in [0, 0.1) is 12.7 Å². The third-order valence-corrected chi connectivity index (χ3v) is 5.46. The second-order valence-corrected chi connectivity index (χ2v) is 8.47. The van der Waals surface area contributed by atoms with Crippen LogP contribution in [0.25, 0.3) is 5.82 Å². The van der Waals surface area contributed by atoms with E-state index in [2.05, 4.69) is 20.0 Å². The Morgan fingerprint density at radius 2 is 1.71 bits per heavy atom. The average Bonchev–Trinajstić information content (AvgIpc) is 3.18. The first-order valence-corrected chi connectivity index (χ1v) is 10.9. The van der Waals surface area contributed by atoms with E-state index in [-0.39, 0.29) is 11.6 Å². The molecule has 0 spiro atoms. The van der Waals surface area contributed by atoms with E-state index in [0.717, 1.165) is 5.69 Å². The van der Waals surface area contributed by atoms with E-state index >= 15 is 0 Å². The molecule has 0 aliphatic rings. The average molecular weight is 439 g/mol. The van der Waals surface area contributed by atoms with Crippen molar-refractivity contribution in [2.45, 2.75) is 12.7 Å². The highest BCUT2D eigenvalue weighted by Gasteiger charge is 2.12. The molecule has 31 heavy (non-hydrogen) atoms. The molecule has 0 fully saturated rings. The predicted molar refractivity (Wildman–Crippen MR) is 113 cm³/mol. The van der Waals surface area contributed by atoms with E-state index in [0.29, 0.717) is 22.8 Å². The van der Waals surface area contributed by atoms with Crippen molar-refractivity contribution in [3.63, 3.8) is 0 Å². The van der Waals surface area contributed by atoms with Gasteiger partial charge in [-0.25, -0.2) is 17.5 Å². The van der Waals surface area contributed by atoms with Crippen LogP contribution in [0.15, 0.2) is 72.9 Å². The first kappa shape index (κ1) is 20.5. The fraction of sp³-hybridized carbons (Fsp3) is 0.0952. The van der Waals surface area contributed by atoms with Crippen LogP contribution < -0.4 is 9.46 Å². The van der Waals surface area contributed by atoms with Gasteiger partial charge in [0.05, 0.1) is 11.4 Å². The Labute approximate surface area is 178 Å². The summed E-state index contributed by atoms with van der Waals surface area (Å²) in [5, 5.41) is 12.4. The minimum absolute atomic E-state index is 0.261. The largest absolute Gasteiger partial charge is 0.438 e. The Hall–Kier alpha value is -3.79. The van der Waals surface area contributed by atoms with Crippen molar-refractivity contribution in [1.82, 2.24) is 20.0 Å². The number of anilines is 1. The molecule has 8 nitrogen and oxygen atoms in total. The molecule has 0 radical (unpaired) electrons. The van der Waals surface area contributed by atoms with Gasteiger partial charge in [0.15, 0.2) is 5.82 Å². The first-order valence-electron chi connectivity index (χ1n) is 9.25. The van der Waals surface area contributed by atoms with Gasteiger partial charge >= 0.3 is 0 Å². The number of sulfonamides is 1. The molecule has 0 atom stereocenters. The molecule has 4 rings (SSSR count). The summed E-state index contributed by atoms with van der Waals surface area (Å²) in [6.45, 7) is 1.88. The maximum absolute atomic E-state index is 13.0. The number of nitrogens with one attached hydrogen (secondary N) is 1. The number of halogens is 1. The van der Waals surface area contributed by atoms with E-state index in [4.69, 9.17) is 4.74 Å². The van der Waals surface area contributed by atoms with Gasteiger partial charge in [-0.05, 0) is 61.0 Å². The van der Waals surface area contributed by atoms with Crippen LogP contribution in [0.1, 0.15) is 11.3 Å². The van der Waals surface area contributed by atoms with Crippen LogP contribution in [0.5, 0.6) is 11.6 Å². The van der Waals surface area contributed by atoms with Gasteiger partial charge in [-0.1, -0.05) is 12.1 Å². The molecule has 10 heteroatoms. The van der Waals surface area contributed by atoms with Gasteiger partial charge in [-0.3, -0.25) is 4.72 Å². The Morgan fingerprint density at radius 3 is 2.32 bits per heavy atom. The van der Waals surface area contributed by atoms with Crippen molar-refractivity contribution >= 4 is 15.7 Å². The predicted octanol–water partition coefficient (Wildman–Crippen LogP) is 3.84. The molecule has 158 valence electrons. The Kier molecular flexibility index (Phi) is 5.63.